The second-order valence-electron chi connectivity index (χ2n) is 4.31. The van der Waals surface area contributed by atoms with Crippen molar-refractivity contribution in [3.63, 3.8) is 0 Å². The lowest BCUT2D eigenvalue weighted by atomic mass is 10.0. The monoisotopic (exact) mass is 227 g/mol. The van der Waals surface area contributed by atoms with Crippen LogP contribution in [0.4, 0.5) is 0 Å². The minimum absolute atomic E-state index is 0.490. The zero-order chi connectivity index (χ0) is 12.3. The lowest BCUT2D eigenvalue weighted by Gasteiger charge is -2.05. The van der Waals surface area contributed by atoms with Crippen LogP contribution in [-0.2, 0) is 13.0 Å². The number of aromatic nitrogens is 2. The summed E-state index contributed by atoms with van der Waals surface area (Å²) in [6.45, 7) is 4.73. The average molecular weight is 227 g/mol. The van der Waals surface area contributed by atoms with Crippen LogP contribution in [0.25, 0.3) is 0 Å². The summed E-state index contributed by atoms with van der Waals surface area (Å²) in [5, 5.41) is 0. The molecule has 0 bridgehead atoms. The first kappa shape index (κ1) is 11.7. The summed E-state index contributed by atoms with van der Waals surface area (Å²) < 4.78 is 0. The third kappa shape index (κ3) is 2.88. The van der Waals surface area contributed by atoms with E-state index in [4.69, 9.17) is 5.73 Å². The molecule has 1 aromatic heterocycles. The lowest BCUT2D eigenvalue weighted by Crippen LogP contribution is -2.02. The fourth-order valence-corrected chi connectivity index (χ4v) is 1.67. The van der Waals surface area contributed by atoms with Gasteiger partial charge in [0.1, 0.15) is 5.82 Å². The van der Waals surface area contributed by atoms with Crippen molar-refractivity contribution < 1.29 is 0 Å². The highest BCUT2D eigenvalue weighted by Crippen LogP contribution is 2.12. The number of rotatable bonds is 3. The van der Waals surface area contributed by atoms with Crippen molar-refractivity contribution in [3.05, 3.63) is 58.7 Å². The van der Waals surface area contributed by atoms with Gasteiger partial charge in [-0.3, -0.25) is 0 Å². The van der Waals surface area contributed by atoms with Gasteiger partial charge < -0.3 is 5.73 Å². The molecule has 0 spiro atoms. The van der Waals surface area contributed by atoms with Crippen molar-refractivity contribution in [2.75, 3.05) is 0 Å². The van der Waals surface area contributed by atoms with E-state index in [1.807, 2.05) is 0 Å². The van der Waals surface area contributed by atoms with E-state index in [9.17, 15) is 0 Å². The highest BCUT2D eigenvalue weighted by Gasteiger charge is 2.01. The number of nitrogens with two attached hydrogens (primary N) is 1. The fraction of sp³-hybridized carbons (Fsp3) is 0.286. The van der Waals surface area contributed by atoms with Crippen LogP contribution in [0.15, 0.2) is 30.6 Å². The number of hydrogen-bond acceptors (Lipinski definition) is 3. The number of benzene rings is 1. The molecular weight excluding hydrogens is 210 g/mol. The third-order valence-corrected chi connectivity index (χ3v) is 2.93. The molecule has 0 aliphatic rings. The summed E-state index contributed by atoms with van der Waals surface area (Å²) in [5.74, 6) is 0.838. The summed E-state index contributed by atoms with van der Waals surface area (Å²) in [4.78, 5) is 8.61. The van der Waals surface area contributed by atoms with Crippen molar-refractivity contribution in [2.45, 2.75) is 26.8 Å². The summed E-state index contributed by atoms with van der Waals surface area (Å²) in [6.07, 6.45) is 4.36. The molecular formula is C14H17N3. The van der Waals surface area contributed by atoms with Crippen LogP contribution in [0, 0.1) is 13.8 Å². The highest BCUT2D eigenvalue weighted by molar-refractivity contribution is 5.31. The van der Waals surface area contributed by atoms with Gasteiger partial charge in [-0.05, 0) is 30.5 Å². The van der Waals surface area contributed by atoms with Gasteiger partial charge in [0.25, 0.3) is 0 Å². The molecule has 1 aromatic carbocycles. The summed E-state index contributed by atoms with van der Waals surface area (Å²) in [7, 11) is 0. The third-order valence-electron chi connectivity index (χ3n) is 2.93. The van der Waals surface area contributed by atoms with Gasteiger partial charge in [0.05, 0.1) is 0 Å². The zero-order valence-corrected chi connectivity index (χ0v) is 10.3. The van der Waals surface area contributed by atoms with E-state index in [1.165, 1.54) is 16.7 Å². The van der Waals surface area contributed by atoms with Gasteiger partial charge in [-0.25, -0.2) is 9.97 Å². The summed E-state index contributed by atoms with van der Waals surface area (Å²) in [5.41, 5.74) is 10.3. The second kappa shape index (κ2) is 5.06. The fourth-order valence-electron chi connectivity index (χ4n) is 1.67. The number of nitrogens with zero attached hydrogens (tertiary/aromatic N) is 2. The predicted molar refractivity (Wildman–Crippen MR) is 68.6 cm³/mol. The minimum Gasteiger partial charge on any atom is -0.326 e. The summed E-state index contributed by atoms with van der Waals surface area (Å²) >= 11 is 0. The van der Waals surface area contributed by atoms with Crippen molar-refractivity contribution in [1.82, 2.24) is 9.97 Å². The molecule has 2 aromatic rings. The van der Waals surface area contributed by atoms with E-state index in [2.05, 4.69) is 42.0 Å². The molecule has 0 radical (unpaired) electrons. The number of aryl methyl sites for hydroxylation is 2. The maximum atomic E-state index is 5.51. The molecule has 0 aliphatic heterocycles. The molecule has 0 unspecified atom stereocenters. The highest BCUT2D eigenvalue weighted by atomic mass is 14.9. The minimum atomic E-state index is 0.490. The normalized spacial score (nSPS) is 10.5. The molecule has 3 nitrogen and oxygen atoms in total. The Bertz CT molecular complexity index is 503. The zero-order valence-electron chi connectivity index (χ0n) is 10.3. The number of hydrogen-bond donors (Lipinski definition) is 1. The molecule has 0 saturated heterocycles. The smallest absolute Gasteiger partial charge is 0.132 e. The van der Waals surface area contributed by atoms with Crippen LogP contribution < -0.4 is 5.73 Å². The molecule has 0 amide bonds. The molecule has 1 heterocycles. The van der Waals surface area contributed by atoms with Crippen LogP contribution in [0.3, 0.4) is 0 Å². The Morgan fingerprint density at radius 1 is 1.00 bits per heavy atom. The maximum Gasteiger partial charge on any atom is 0.132 e. The molecule has 2 N–H and O–H groups in total. The van der Waals surface area contributed by atoms with Gasteiger partial charge in [-0.2, -0.15) is 0 Å². The first-order valence-corrected chi connectivity index (χ1v) is 5.75. The molecule has 88 valence electrons. The standard InChI is InChI=1S/C14H17N3/c1-10-3-4-12(5-11(10)2)6-14-16-8-13(7-15)9-17-14/h3-5,8-9H,6-7,15H2,1-2H3. The molecule has 2 rings (SSSR count). The van der Waals surface area contributed by atoms with Crippen molar-refractivity contribution in [1.29, 1.82) is 0 Å². The average Bonchev–Trinajstić information content (AvgIpc) is 2.35. The predicted octanol–water partition coefficient (Wildman–Crippen LogP) is 2.14. The van der Waals surface area contributed by atoms with E-state index in [-0.39, 0.29) is 0 Å². The van der Waals surface area contributed by atoms with Gasteiger partial charge in [0, 0.05) is 30.9 Å². The van der Waals surface area contributed by atoms with Gasteiger partial charge in [-0.15, -0.1) is 0 Å². The van der Waals surface area contributed by atoms with Gasteiger partial charge in [0.2, 0.25) is 0 Å². The molecule has 0 atom stereocenters. The van der Waals surface area contributed by atoms with Crippen LogP contribution in [-0.4, -0.2) is 9.97 Å². The van der Waals surface area contributed by atoms with E-state index >= 15 is 0 Å². The Balaban J connectivity index is 2.16. The van der Waals surface area contributed by atoms with E-state index in [0.717, 1.165) is 17.8 Å². The molecule has 0 aliphatic carbocycles. The largest absolute Gasteiger partial charge is 0.326 e. The van der Waals surface area contributed by atoms with Gasteiger partial charge in [0.15, 0.2) is 0 Å². The Labute approximate surface area is 102 Å². The molecule has 17 heavy (non-hydrogen) atoms. The van der Waals surface area contributed by atoms with E-state index in [0.29, 0.717) is 6.54 Å². The van der Waals surface area contributed by atoms with Crippen LogP contribution in [0.5, 0.6) is 0 Å². The van der Waals surface area contributed by atoms with Crippen molar-refractivity contribution in [2.24, 2.45) is 5.73 Å². The Morgan fingerprint density at radius 3 is 2.29 bits per heavy atom. The van der Waals surface area contributed by atoms with Crippen LogP contribution in [0.2, 0.25) is 0 Å². The van der Waals surface area contributed by atoms with E-state index in [1.54, 1.807) is 12.4 Å². The molecule has 0 saturated carbocycles. The van der Waals surface area contributed by atoms with Crippen LogP contribution in [0.1, 0.15) is 28.1 Å². The van der Waals surface area contributed by atoms with Crippen LogP contribution >= 0.6 is 0 Å². The topological polar surface area (TPSA) is 51.8 Å². The van der Waals surface area contributed by atoms with Gasteiger partial charge in [-0.1, -0.05) is 18.2 Å². The first-order valence-electron chi connectivity index (χ1n) is 5.75. The first-order chi connectivity index (χ1) is 8.19. The summed E-state index contributed by atoms with van der Waals surface area (Å²) in [6, 6.07) is 6.46. The van der Waals surface area contributed by atoms with Gasteiger partial charge >= 0.3 is 0 Å². The van der Waals surface area contributed by atoms with Crippen molar-refractivity contribution >= 4 is 0 Å². The SMILES string of the molecule is Cc1ccc(Cc2ncc(CN)cn2)cc1C. The lowest BCUT2D eigenvalue weighted by molar-refractivity contribution is 0.924. The van der Waals surface area contributed by atoms with E-state index < -0.39 is 0 Å². The Hall–Kier alpha value is -1.74. The van der Waals surface area contributed by atoms with Crippen molar-refractivity contribution in [3.8, 4) is 0 Å². The second-order valence-corrected chi connectivity index (χ2v) is 4.31. The quantitative estimate of drug-likeness (QED) is 0.874. The Morgan fingerprint density at radius 2 is 1.71 bits per heavy atom. The Kier molecular flexibility index (Phi) is 3.49. The maximum absolute atomic E-state index is 5.51. The molecule has 0 fully saturated rings. The molecule has 3 heteroatoms.